The van der Waals surface area contributed by atoms with E-state index in [-0.39, 0.29) is 0 Å². The highest BCUT2D eigenvalue weighted by Crippen LogP contribution is 2.17. The Hall–Kier alpha value is -1.99. The van der Waals surface area contributed by atoms with E-state index < -0.39 is 0 Å². The average molecular weight is 288 g/mol. The van der Waals surface area contributed by atoms with Crippen molar-refractivity contribution in [2.45, 2.75) is 13.1 Å². The maximum Gasteiger partial charge on any atom is 0.163 e. The Morgan fingerprint density at radius 1 is 1.35 bits per heavy atom. The molecule has 0 aromatic carbocycles. The minimum Gasteiger partial charge on any atom is -0.383 e. The Bertz CT molecular complexity index is 718. The van der Waals surface area contributed by atoms with Crippen LogP contribution < -0.4 is 5.73 Å². The number of nitrogens with two attached hydrogens (primary N) is 1. The first-order valence-electron chi connectivity index (χ1n) is 6.28. The predicted molar refractivity (Wildman–Crippen MR) is 80.2 cm³/mol. The molecule has 20 heavy (non-hydrogen) atoms. The molecular formula is C13H16N6S. The fraction of sp³-hybridized carbons (Fsp3) is 0.308. The Morgan fingerprint density at radius 3 is 2.95 bits per heavy atom. The highest BCUT2D eigenvalue weighted by Gasteiger charge is 2.11. The number of thiophene rings is 1. The van der Waals surface area contributed by atoms with Crippen LogP contribution in [0.15, 0.2) is 23.7 Å². The summed E-state index contributed by atoms with van der Waals surface area (Å²) in [6, 6.07) is 4.19. The normalized spacial score (nSPS) is 11.6. The third-order valence-corrected chi connectivity index (χ3v) is 3.95. The zero-order valence-electron chi connectivity index (χ0n) is 11.4. The summed E-state index contributed by atoms with van der Waals surface area (Å²) in [6.45, 7) is 1.54. The fourth-order valence-corrected chi connectivity index (χ4v) is 2.91. The number of hydrogen-bond donors (Lipinski definition) is 1. The van der Waals surface area contributed by atoms with E-state index in [4.69, 9.17) is 5.73 Å². The largest absolute Gasteiger partial charge is 0.383 e. The fourth-order valence-electron chi connectivity index (χ4n) is 2.13. The SMILES string of the molecule is CN(Cc1nc(N)c2cnn(C)c2n1)Cc1cccs1. The van der Waals surface area contributed by atoms with Gasteiger partial charge in [0.1, 0.15) is 11.6 Å². The van der Waals surface area contributed by atoms with Gasteiger partial charge >= 0.3 is 0 Å². The molecule has 0 amide bonds. The van der Waals surface area contributed by atoms with Crippen molar-refractivity contribution < 1.29 is 0 Å². The molecule has 104 valence electrons. The number of aromatic nitrogens is 4. The second kappa shape index (κ2) is 5.18. The van der Waals surface area contributed by atoms with Crippen molar-refractivity contribution >= 4 is 28.2 Å². The van der Waals surface area contributed by atoms with Gasteiger partial charge < -0.3 is 5.73 Å². The number of aryl methyl sites for hydroxylation is 1. The van der Waals surface area contributed by atoms with Gasteiger partial charge in [0.15, 0.2) is 5.65 Å². The van der Waals surface area contributed by atoms with Crippen LogP contribution in [0.5, 0.6) is 0 Å². The molecule has 0 unspecified atom stereocenters. The molecule has 7 heteroatoms. The van der Waals surface area contributed by atoms with E-state index in [9.17, 15) is 0 Å². The van der Waals surface area contributed by atoms with E-state index >= 15 is 0 Å². The van der Waals surface area contributed by atoms with Gasteiger partial charge in [0, 0.05) is 18.5 Å². The summed E-state index contributed by atoms with van der Waals surface area (Å²) in [6.07, 6.45) is 1.70. The Balaban J connectivity index is 1.81. The smallest absolute Gasteiger partial charge is 0.163 e. The summed E-state index contributed by atoms with van der Waals surface area (Å²) < 4.78 is 1.72. The molecule has 0 radical (unpaired) electrons. The lowest BCUT2D eigenvalue weighted by molar-refractivity contribution is 0.314. The van der Waals surface area contributed by atoms with E-state index in [0.717, 1.165) is 23.4 Å². The molecule has 3 aromatic rings. The summed E-state index contributed by atoms with van der Waals surface area (Å²) in [5.74, 6) is 1.21. The molecule has 3 rings (SSSR count). The second-order valence-electron chi connectivity index (χ2n) is 4.78. The van der Waals surface area contributed by atoms with E-state index in [1.807, 2.05) is 14.1 Å². The minimum atomic E-state index is 0.489. The van der Waals surface area contributed by atoms with Crippen molar-refractivity contribution in [3.8, 4) is 0 Å². The standard InChI is InChI=1S/C13H16N6S/c1-18(7-9-4-3-5-20-9)8-11-16-12(14)10-6-15-19(2)13(10)17-11/h3-6H,7-8H2,1-2H3,(H2,14,16,17). The molecule has 6 nitrogen and oxygen atoms in total. The molecule has 0 atom stereocenters. The number of nitrogen functional groups attached to an aromatic ring is 1. The monoisotopic (exact) mass is 288 g/mol. The van der Waals surface area contributed by atoms with Crippen LogP contribution in [0.25, 0.3) is 11.0 Å². The van der Waals surface area contributed by atoms with Crippen LogP contribution in [0.4, 0.5) is 5.82 Å². The quantitative estimate of drug-likeness (QED) is 0.790. The number of anilines is 1. The molecule has 3 heterocycles. The lowest BCUT2D eigenvalue weighted by Gasteiger charge is -2.14. The predicted octanol–water partition coefficient (Wildman–Crippen LogP) is 1.64. The summed E-state index contributed by atoms with van der Waals surface area (Å²) in [4.78, 5) is 12.4. The zero-order chi connectivity index (χ0) is 14.1. The number of hydrogen-bond acceptors (Lipinski definition) is 6. The van der Waals surface area contributed by atoms with Gasteiger partial charge in [0.25, 0.3) is 0 Å². The first-order valence-corrected chi connectivity index (χ1v) is 7.16. The van der Waals surface area contributed by atoms with Gasteiger partial charge in [-0.2, -0.15) is 5.10 Å². The van der Waals surface area contributed by atoms with Gasteiger partial charge in [-0.05, 0) is 18.5 Å². The van der Waals surface area contributed by atoms with Crippen molar-refractivity contribution in [3.05, 3.63) is 34.4 Å². The van der Waals surface area contributed by atoms with Crippen LogP contribution in [0.3, 0.4) is 0 Å². The van der Waals surface area contributed by atoms with Crippen molar-refractivity contribution in [1.29, 1.82) is 0 Å². The lowest BCUT2D eigenvalue weighted by atomic mass is 10.3. The van der Waals surface area contributed by atoms with Gasteiger partial charge in [-0.15, -0.1) is 11.3 Å². The van der Waals surface area contributed by atoms with E-state index in [2.05, 4.69) is 37.5 Å². The molecule has 0 saturated carbocycles. The maximum atomic E-state index is 5.96. The van der Waals surface area contributed by atoms with Crippen molar-refractivity contribution in [3.63, 3.8) is 0 Å². The Kier molecular flexibility index (Phi) is 3.37. The summed E-state index contributed by atoms with van der Waals surface area (Å²) in [5.41, 5.74) is 6.74. The van der Waals surface area contributed by atoms with Crippen LogP contribution in [-0.4, -0.2) is 31.7 Å². The van der Waals surface area contributed by atoms with Gasteiger partial charge in [-0.25, -0.2) is 9.97 Å². The maximum absolute atomic E-state index is 5.96. The number of rotatable bonds is 4. The Morgan fingerprint density at radius 2 is 2.20 bits per heavy atom. The first kappa shape index (κ1) is 13.0. The zero-order valence-corrected chi connectivity index (χ0v) is 12.3. The van der Waals surface area contributed by atoms with Crippen molar-refractivity contribution in [2.24, 2.45) is 7.05 Å². The molecule has 2 N–H and O–H groups in total. The minimum absolute atomic E-state index is 0.489. The Labute approximate surface area is 120 Å². The third-order valence-electron chi connectivity index (χ3n) is 3.09. The molecule has 0 fully saturated rings. The van der Waals surface area contributed by atoms with Crippen molar-refractivity contribution in [2.75, 3.05) is 12.8 Å². The molecule has 0 saturated heterocycles. The molecule has 0 aliphatic rings. The average Bonchev–Trinajstić information content (AvgIpc) is 3.00. The van der Waals surface area contributed by atoms with Gasteiger partial charge in [-0.1, -0.05) is 6.07 Å². The summed E-state index contributed by atoms with van der Waals surface area (Å²) in [7, 11) is 3.90. The van der Waals surface area contributed by atoms with Crippen molar-refractivity contribution in [1.82, 2.24) is 24.6 Å². The van der Waals surface area contributed by atoms with Gasteiger partial charge in [-0.3, -0.25) is 9.58 Å². The molecule has 3 aromatic heterocycles. The summed E-state index contributed by atoms with van der Waals surface area (Å²) >= 11 is 1.75. The van der Waals surface area contributed by atoms with Gasteiger partial charge in [0.05, 0.1) is 18.1 Å². The first-order chi connectivity index (χ1) is 9.63. The van der Waals surface area contributed by atoms with Crippen LogP contribution in [-0.2, 0) is 20.1 Å². The molecule has 0 bridgehead atoms. The van der Waals surface area contributed by atoms with E-state index in [1.165, 1.54) is 4.88 Å². The van der Waals surface area contributed by atoms with Gasteiger partial charge in [0.2, 0.25) is 0 Å². The molecule has 0 aliphatic carbocycles. The van der Waals surface area contributed by atoms with Crippen LogP contribution in [0.2, 0.25) is 0 Å². The van der Waals surface area contributed by atoms with E-state index in [1.54, 1.807) is 22.2 Å². The number of nitrogens with zero attached hydrogens (tertiary/aromatic N) is 5. The van der Waals surface area contributed by atoms with E-state index in [0.29, 0.717) is 12.4 Å². The lowest BCUT2D eigenvalue weighted by Crippen LogP contribution is -2.19. The van der Waals surface area contributed by atoms with Crippen LogP contribution in [0.1, 0.15) is 10.7 Å². The highest BCUT2D eigenvalue weighted by atomic mass is 32.1. The number of fused-ring (bicyclic) bond motifs is 1. The highest BCUT2D eigenvalue weighted by molar-refractivity contribution is 7.09. The molecule has 0 spiro atoms. The third kappa shape index (κ3) is 2.50. The molecule has 0 aliphatic heterocycles. The van der Waals surface area contributed by atoms with Crippen LogP contribution in [0, 0.1) is 0 Å². The van der Waals surface area contributed by atoms with Crippen LogP contribution >= 0.6 is 11.3 Å². The second-order valence-corrected chi connectivity index (χ2v) is 5.81. The summed E-state index contributed by atoms with van der Waals surface area (Å²) in [5, 5.41) is 7.05. The molecular weight excluding hydrogens is 272 g/mol. The topological polar surface area (TPSA) is 72.9 Å².